The van der Waals surface area contributed by atoms with Gasteiger partial charge >= 0.3 is 0 Å². The predicted molar refractivity (Wildman–Crippen MR) is 115 cm³/mol. The summed E-state index contributed by atoms with van der Waals surface area (Å²) in [5.41, 5.74) is 1.06. The highest BCUT2D eigenvalue weighted by Gasteiger charge is 2.26. The molecule has 3 aromatic rings. The number of anilines is 1. The third-order valence-corrected chi connectivity index (χ3v) is 4.80. The number of nitro groups is 1. The highest BCUT2D eigenvalue weighted by atomic mass is 35.5. The molecule has 1 heterocycles. The minimum absolute atomic E-state index is 0.0398. The maximum absolute atomic E-state index is 12.9. The third kappa shape index (κ3) is 5.26. The van der Waals surface area contributed by atoms with Gasteiger partial charge in [0.1, 0.15) is 6.04 Å². The minimum Gasteiger partial charge on any atom is -0.444 e. The summed E-state index contributed by atoms with van der Waals surface area (Å²) in [5, 5.41) is 16.2. The van der Waals surface area contributed by atoms with E-state index < -0.39 is 22.8 Å². The van der Waals surface area contributed by atoms with Gasteiger partial charge in [-0.2, -0.15) is 0 Å². The van der Waals surface area contributed by atoms with Crippen molar-refractivity contribution in [1.82, 2.24) is 10.3 Å². The van der Waals surface area contributed by atoms with E-state index in [1.54, 1.807) is 38.2 Å². The number of amides is 2. The molecule has 0 saturated heterocycles. The van der Waals surface area contributed by atoms with Crippen molar-refractivity contribution in [2.45, 2.75) is 19.9 Å². The van der Waals surface area contributed by atoms with Gasteiger partial charge in [-0.3, -0.25) is 19.7 Å². The summed E-state index contributed by atoms with van der Waals surface area (Å²) in [6, 6.07) is 9.67. The minimum atomic E-state index is -0.868. The van der Waals surface area contributed by atoms with Crippen LogP contribution in [0.1, 0.15) is 24.2 Å². The molecule has 160 valence electrons. The van der Waals surface area contributed by atoms with Crippen molar-refractivity contribution in [3.8, 4) is 11.3 Å². The molecule has 2 N–H and O–H groups in total. The number of nitrogens with one attached hydrogen (secondary N) is 2. The monoisotopic (exact) mass is 442 g/mol. The molecule has 2 amide bonds. The molecule has 1 atom stereocenters. The molecule has 0 fully saturated rings. The van der Waals surface area contributed by atoms with E-state index in [1.807, 2.05) is 6.07 Å². The van der Waals surface area contributed by atoms with Crippen LogP contribution in [0.25, 0.3) is 11.3 Å². The van der Waals surface area contributed by atoms with Gasteiger partial charge in [-0.05, 0) is 24.1 Å². The lowest BCUT2D eigenvalue weighted by Gasteiger charge is -2.22. The Labute approximate surface area is 182 Å². The number of carbonyl (C=O) groups is 2. The van der Waals surface area contributed by atoms with Crippen LogP contribution < -0.4 is 10.6 Å². The van der Waals surface area contributed by atoms with Gasteiger partial charge < -0.3 is 15.1 Å². The molecule has 3 rings (SSSR count). The first-order valence-electron chi connectivity index (χ1n) is 9.31. The molecule has 0 spiro atoms. The molecular formula is C21H19ClN4O5. The molecule has 0 aliphatic carbocycles. The van der Waals surface area contributed by atoms with Gasteiger partial charge in [-0.25, -0.2) is 4.98 Å². The number of rotatable bonds is 7. The average Bonchev–Trinajstić information content (AvgIpc) is 3.26. The van der Waals surface area contributed by atoms with Crippen molar-refractivity contribution in [1.29, 1.82) is 0 Å². The maximum Gasteiger partial charge on any atom is 0.270 e. The Hall–Kier alpha value is -3.72. The third-order valence-electron chi connectivity index (χ3n) is 4.49. The van der Waals surface area contributed by atoms with E-state index in [1.165, 1.54) is 18.5 Å². The van der Waals surface area contributed by atoms with E-state index in [0.717, 1.165) is 11.6 Å². The van der Waals surface area contributed by atoms with Crippen LogP contribution in [-0.4, -0.2) is 27.8 Å². The highest BCUT2D eigenvalue weighted by Crippen LogP contribution is 2.24. The number of benzene rings is 2. The second-order valence-corrected chi connectivity index (χ2v) is 7.46. The van der Waals surface area contributed by atoms with Gasteiger partial charge in [0.05, 0.1) is 21.7 Å². The molecular weight excluding hydrogens is 424 g/mol. The zero-order valence-electron chi connectivity index (χ0n) is 16.7. The van der Waals surface area contributed by atoms with Crippen LogP contribution in [0.3, 0.4) is 0 Å². The second kappa shape index (κ2) is 9.40. The van der Waals surface area contributed by atoms with Crippen molar-refractivity contribution in [2.75, 3.05) is 5.32 Å². The van der Waals surface area contributed by atoms with Gasteiger partial charge in [-0.15, -0.1) is 0 Å². The van der Waals surface area contributed by atoms with Crippen molar-refractivity contribution in [2.24, 2.45) is 5.92 Å². The molecule has 1 aromatic heterocycles. The van der Waals surface area contributed by atoms with Crippen molar-refractivity contribution in [3.63, 3.8) is 0 Å². The normalized spacial score (nSPS) is 11.7. The molecule has 1 unspecified atom stereocenters. The fourth-order valence-electron chi connectivity index (χ4n) is 2.88. The smallest absolute Gasteiger partial charge is 0.270 e. The summed E-state index contributed by atoms with van der Waals surface area (Å²) in [7, 11) is 0. The Morgan fingerprint density at radius 2 is 1.97 bits per heavy atom. The van der Waals surface area contributed by atoms with E-state index in [2.05, 4.69) is 15.6 Å². The molecule has 9 nitrogen and oxygen atoms in total. The van der Waals surface area contributed by atoms with E-state index in [0.29, 0.717) is 11.4 Å². The molecule has 0 bridgehead atoms. The highest BCUT2D eigenvalue weighted by molar-refractivity contribution is 6.34. The summed E-state index contributed by atoms with van der Waals surface area (Å²) < 4.78 is 5.27. The van der Waals surface area contributed by atoms with E-state index in [4.69, 9.17) is 16.0 Å². The van der Waals surface area contributed by atoms with E-state index in [9.17, 15) is 19.7 Å². The second-order valence-electron chi connectivity index (χ2n) is 7.05. The Balaban J connectivity index is 1.75. The zero-order valence-corrected chi connectivity index (χ0v) is 17.4. The van der Waals surface area contributed by atoms with Crippen molar-refractivity contribution >= 4 is 34.8 Å². The lowest BCUT2D eigenvalue weighted by Crippen LogP contribution is -2.47. The number of nitro benzene ring substituents is 1. The molecule has 0 aliphatic rings. The summed E-state index contributed by atoms with van der Waals surface area (Å²) in [6.07, 6.45) is 2.88. The number of halogens is 1. The Kier molecular flexibility index (Phi) is 6.66. The molecule has 31 heavy (non-hydrogen) atoms. The van der Waals surface area contributed by atoms with Crippen LogP contribution >= 0.6 is 11.6 Å². The number of carbonyl (C=O) groups excluding carboxylic acids is 2. The van der Waals surface area contributed by atoms with Gasteiger partial charge in [0.15, 0.2) is 12.2 Å². The quantitative estimate of drug-likeness (QED) is 0.415. The fourth-order valence-corrected chi connectivity index (χ4v) is 3.14. The van der Waals surface area contributed by atoms with Gasteiger partial charge in [0.25, 0.3) is 11.6 Å². The van der Waals surface area contributed by atoms with Gasteiger partial charge in [0, 0.05) is 23.4 Å². The Morgan fingerprint density at radius 1 is 1.19 bits per heavy atom. The average molecular weight is 443 g/mol. The molecule has 0 radical (unpaired) electrons. The Morgan fingerprint density at radius 3 is 2.58 bits per heavy atom. The Bertz CT molecular complexity index is 1110. The molecule has 2 aromatic carbocycles. The number of non-ortho nitro benzene ring substituents is 1. The molecule has 0 saturated carbocycles. The summed E-state index contributed by atoms with van der Waals surface area (Å²) in [4.78, 5) is 39.6. The van der Waals surface area contributed by atoms with Gasteiger partial charge in [0.2, 0.25) is 5.91 Å². The van der Waals surface area contributed by atoms with Crippen LogP contribution in [0.5, 0.6) is 0 Å². The number of oxazole rings is 1. The van der Waals surface area contributed by atoms with Crippen LogP contribution in [-0.2, 0) is 4.79 Å². The van der Waals surface area contributed by atoms with Crippen LogP contribution in [0.2, 0.25) is 5.02 Å². The number of aromatic nitrogens is 1. The van der Waals surface area contributed by atoms with E-state index >= 15 is 0 Å². The van der Waals surface area contributed by atoms with Gasteiger partial charge in [-0.1, -0.05) is 37.6 Å². The molecule has 0 aliphatic heterocycles. The summed E-state index contributed by atoms with van der Waals surface area (Å²) in [6.45, 7) is 3.57. The largest absolute Gasteiger partial charge is 0.444 e. The first kappa shape index (κ1) is 22.0. The first-order chi connectivity index (χ1) is 14.8. The lowest BCUT2D eigenvalue weighted by atomic mass is 10.0. The van der Waals surface area contributed by atoms with Crippen molar-refractivity contribution < 1.29 is 18.9 Å². The first-order valence-corrected chi connectivity index (χ1v) is 9.68. The SMILES string of the molecule is CC(C)C(NC(=O)c1ccc([N+](=O)[O-])cc1Cl)C(=O)Nc1cccc(-c2cnco2)c1. The zero-order chi connectivity index (χ0) is 22.5. The number of hydrogen-bond donors (Lipinski definition) is 2. The van der Waals surface area contributed by atoms with Crippen LogP contribution in [0.15, 0.2) is 59.5 Å². The summed E-state index contributed by atoms with van der Waals surface area (Å²) >= 11 is 6.03. The maximum atomic E-state index is 12.9. The summed E-state index contributed by atoms with van der Waals surface area (Å²) in [5.74, 6) is -0.712. The fraction of sp³-hybridized carbons (Fsp3) is 0.190. The van der Waals surface area contributed by atoms with E-state index in [-0.39, 0.29) is 22.2 Å². The number of nitrogens with zero attached hydrogens (tertiary/aromatic N) is 2. The van der Waals surface area contributed by atoms with Crippen molar-refractivity contribution in [3.05, 3.63) is 75.8 Å². The lowest BCUT2D eigenvalue weighted by molar-refractivity contribution is -0.384. The topological polar surface area (TPSA) is 127 Å². The predicted octanol–water partition coefficient (Wildman–Crippen LogP) is 4.30. The standard InChI is InChI=1S/C21H19ClN4O5/c1-12(2)19(25-20(27)16-7-6-15(26(29)30)9-17(16)22)21(28)24-14-5-3-4-13(8-14)18-10-23-11-31-18/h3-12,19H,1-2H3,(H,24,28)(H,25,27). The van der Waals surface area contributed by atoms with Crippen LogP contribution in [0, 0.1) is 16.0 Å². The number of hydrogen-bond acceptors (Lipinski definition) is 6. The van der Waals surface area contributed by atoms with Crippen LogP contribution in [0.4, 0.5) is 11.4 Å². The molecule has 10 heteroatoms.